The Morgan fingerprint density at radius 2 is 1.90 bits per heavy atom. The summed E-state index contributed by atoms with van der Waals surface area (Å²) in [6, 6.07) is 13.0. The van der Waals surface area contributed by atoms with E-state index in [-0.39, 0.29) is 10.8 Å². The van der Waals surface area contributed by atoms with Gasteiger partial charge in [0.1, 0.15) is 12.1 Å². The Balaban J connectivity index is 1.72. The second-order valence-corrected chi connectivity index (χ2v) is 8.84. The molecule has 3 aromatic rings. The number of nitrogens with zero attached hydrogens (tertiary/aromatic N) is 3. The van der Waals surface area contributed by atoms with Crippen molar-refractivity contribution in [3.63, 3.8) is 0 Å². The monoisotopic (exact) mass is 433 g/mol. The van der Waals surface area contributed by atoms with E-state index in [2.05, 4.69) is 15.5 Å². The van der Waals surface area contributed by atoms with E-state index in [0.29, 0.717) is 16.6 Å². The van der Waals surface area contributed by atoms with Crippen LogP contribution >= 0.6 is 11.8 Å². The van der Waals surface area contributed by atoms with Gasteiger partial charge in [-0.3, -0.25) is 9.36 Å². The van der Waals surface area contributed by atoms with Crippen LogP contribution in [-0.2, 0) is 14.8 Å². The number of ether oxygens (including phenoxy) is 1. The van der Waals surface area contributed by atoms with Crippen LogP contribution in [0.3, 0.4) is 0 Å². The first kappa shape index (κ1) is 20.8. The molecule has 1 amide bonds. The molecular weight excluding hydrogens is 414 g/mol. The van der Waals surface area contributed by atoms with Crippen molar-refractivity contribution < 1.29 is 17.9 Å². The van der Waals surface area contributed by atoms with Gasteiger partial charge in [0.25, 0.3) is 0 Å². The summed E-state index contributed by atoms with van der Waals surface area (Å²) in [6.45, 7) is 1.74. The Hall–Kier alpha value is -2.89. The number of primary sulfonamides is 1. The topological polar surface area (TPSA) is 129 Å². The average Bonchev–Trinajstić information content (AvgIpc) is 3.15. The van der Waals surface area contributed by atoms with Gasteiger partial charge in [0.05, 0.1) is 22.9 Å². The van der Waals surface area contributed by atoms with Crippen LogP contribution in [0.25, 0.3) is 5.69 Å². The third-order valence-corrected chi connectivity index (χ3v) is 5.95. The zero-order valence-corrected chi connectivity index (χ0v) is 17.3. The van der Waals surface area contributed by atoms with E-state index in [4.69, 9.17) is 9.88 Å². The maximum atomic E-state index is 12.5. The van der Waals surface area contributed by atoms with Gasteiger partial charge in [0, 0.05) is 5.69 Å². The lowest BCUT2D eigenvalue weighted by atomic mass is 10.3. The molecule has 0 aliphatic carbocycles. The zero-order chi connectivity index (χ0) is 21.0. The van der Waals surface area contributed by atoms with Gasteiger partial charge in [-0.2, -0.15) is 0 Å². The molecule has 1 aromatic heterocycles. The lowest BCUT2D eigenvalue weighted by Crippen LogP contribution is -2.23. The minimum atomic E-state index is -3.78. The van der Waals surface area contributed by atoms with Crippen LogP contribution in [0.4, 0.5) is 5.69 Å². The molecule has 11 heteroatoms. The molecule has 3 N–H and O–H groups in total. The van der Waals surface area contributed by atoms with Crippen molar-refractivity contribution in [2.45, 2.75) is 22.2 Å². The molecular formula is C18H19N5O4S2. The quantitative estimate of drug-likeness (QED) is 0.546. The van der Waals surface area contributed by atoms with Crippen molar-refractivity contribution >= 4 is 33.4 Å². The Morgan fingerprint density at radius 3 is 2.55 bits per heavy atom. The van der Waals surface area contributed by atoms with Crippen LogP contribution in [0.5, 0.6) is 5.75 Å². The van der Waals surface area contributed by atoms with Crippen LogP contribution in [0.2, 0.25) is 0 Å². The highest BCUT2D eigenvalue weighted by Gasteiger charge is 2.20. The lowest BCUT2D eigenvalue weighted by molar-refractivity contribution is -0.115. The van der Waals surface area contributed by atoms with Gasteiger partial charge in [0.15, 0.2) is 5.16 Å². The van der Waals surface area contributed by atoms with E-state index >= 15 is 0 Å². The predicted molar refractivity (Wildman–Crippen MR) is 110 cm³/mol. The molecule has 9 nitrogen and oxygen atoms in total. The standard InChI is InChI=1S/C18H19N5O4S2/c1-12(17(24)21-13-7-9-14(10-8-13)29(19,25)26)28-18-22-20-11-23(18)15-5-3-4-6-16(15)27-2/h3-12H,1-2H3,(H,21,24)(H2,19,25,26)/t12-/m1/s1. The number of benzene rings is 2. The number of anilines is 1. The molecule has 0 radical (unpaired) electrons. The van der Waals surface area contributed by atoms with Gasteiger partial charge < -0.3 is 10.1 Å². The summed E-state index contributed by atoms with van der Waals surface area (Å²) in [5.74, 6) is 0.383. The molecule has 0 unspecified atom stereocenters. The summed E-state index contributed by atoms with van der Waals surface area (Å²) in [5.41, 5.74) is 1.22. The molecule has 0 spiro atoms. The molecule has 0 bridgehead atoms. The minimum absolute atomic E-state index is 0.0252. The van der Waals surface area contributed by atoms with Gasteiger partial charge in [0.2, 0.25) is 15.9 Å². The number of sulfonamides is 1. The Labute approximate surface area is 172 Å². The molecule has 0 aliphatic heterocycles. The van der Waals surface area contributed by atoms with Crippen LogP contribution in [0.1, 0.15) is 6.92 Å². The second-order valence-electron chi connectivity index (χ2n) is 5.97. The predicted octanol–water partition coefficient (Wildman–Crippen LogP) is 2.04. The zero-order valence-electron chi connectivity index (χ0n) is 15.6. The third kappa shape index (κ3) is 4.94. The molecule has 0 fully saturated rings. The molecule has 0 saturated carbocycles. The highest BCUT2D eigenvalue weighted by atomic mass is 32.2. The fourth-order valence-corrected chi connectivity index (χ4v) is 3.83. The van der Waals surface area contributed by atoms with E-state index in [0.717, 1.165) is 5.69 Å². The molecule has 0 saturated heterocycles. The van der Waals surface area contributed by atoms with E-state index < -0.39 is 15.3 Å². The van der Waals surface area contributed by atoms with Crippen LogP contribution in [-0.4, -0.2) is 41.4 Å². The maximum Gasteiger partial charge on any atom is 0.238 e. The van der Waals surface area contributed by atoms with E-state index in [1.165, 1.54) is 36.0 Å². The number of rotatable bonds is 7. The number of carbonyl (C=O) groups excluding carboxylic acids is 1. The molecule has 1 heterocycles. The number of para-hydroxylation sites is 2. The minimum Gasteiger partial charge on any atom is -0.495 e. The van der Waals surface area contributed by atoms with Crippen molar-refractivity contribution in [2.75, 3.05) is 12.4 Å². The second kappa shape index (κ2) is 8.64. The largest absolute Gasteiger partial charge is 0.495 e. The summed E-state index contributed by atoms with van der Waals surface area (Å²) in [7, 11) is -2.20. The first-order chi connectivity index (χ1) is 13.8. The highest BCUT2D eigenvalue weighted by molar-refractivity contribution is 8.00. The Morgan fingerprint density at radius 1 is 1.21 bits per heavy atom. The molecule has 1 atom stereocenters. The number of amides is 1. The van der Waals surface area contributed by atoms with Gasteiger partial charge in [-0.05, 0) is 43.3 Å². The number of aromatic nitrogens is 3. The number of nitrogens with one attached hydrogen (secondary N) is 1. The number of methoxy groups -OCH3 is 1. The number of hydrogen-bond acceptors (Lipinski definition) is 7. The number of thioether (sulfide) groups is 1. The van der Waals surface area contributed by atoms with Crippen molar-refractivity contribution in [1.82, 2.24) is 14.8 Å². The molecule has 2 aromatic carbocycles. The van der Waals surface area contributed by atoms with Crippen molar-refractivity contribution in [3.05, 3.63) is 54.9 Å². The first-order valence-corrected chi connectivity index (χ1v) is 10.9. The van der Waals surface area contributed by atoms with Crippen LogP contribution < -0.4 is 15.2 Å². The van der Waals surface area contributed by atoms with E-state index in [1.54, 1.807) is 24.9 Å². The van der Waals surface area contributed by atoms with E-state index in [1.807, 2.05) is 24.3 Å². The smallest absolute Gasteiger partial charge is 0.238 e. The average molecular weight is 434 g/mol. The Bertz CT molecular complexity index is 1110. The molecule has 152 valence electrons. The maximum absolute atomic E-state index is 12.5. The van der Waals surface area contributed by atoms with Gasteiger partial charge in [-0.15, -0.1) is 10.2 Å². The fraction of sp³-hybridized carbons (Fsp3) is 0.167. The summed E-state index contributed by atoms with van der Waals surface area (Å²) < 4.78 is 29.7. The third-order valence-electron chi connectivity index (χ3n) is 3.96. The van der Waals surface area contributed by atoms with Gasteiger partial charge >= 0.3 is 0 Å². The molecule has 3 rings (SSSR count). The summed E-state index contributed by atoms with van der Waals surface area (Å²) in [4.78, 5) is 12.5. The van der Waals surface area contributed by atoms with Crippen molar-refractivity contribution in [2.24, 2.45) is 5.14 Å². The van der Waals surface area contributed by atoms with Crippen molar-refractivity contribution in [1.29, 1.82) is 0 Å². The van der Waals surface area contributed by atoms with Crippen LogP contribution in [0.15, 0.2) is 64.9 Å². The SMILES string of the molecule is COc1ccccc1-n1cnnc1S[C@H](C)C(=O)Nc1ccc(S(N)(=O)=O)cc1. The molecule has 29 heavy (non-hydrogen) atoms. The normalized spacial score (nSPS) is 12.4. The van der Waals surface area contributed by atoms with Crippen molar-refractivity contribution in [3.8, 4) is 11.4 Å². The number of nitrogens with two attached hydrogens (primary N) is 1. The van der Waals surface area contributed by atoms with E-state index in [9.17, 15) is 13.2 Å². The van der Waals surface area contributed by atoms with Gasteiger partial charge in [-0.25, -0.2) is 13.6 Å². The van der Waals surface area contributed by atoms with Crippen LogP contribution in [0, 0.1) is 0 Å². The molecule has 0 aliphatic rings. The summed E-state index contributed by atoms with van der Waals surface area (Å²) in [5, 5.41) is 15.9. The fourth-order valence-electron chi connectivity index (χ4n) is 2.48. The number of carbonyl (C=O) groups is 1. The highest BCUT2D eigenvalue weighted by Crippen LogP contribution is 2.29. The lowest BCUT2D eigenvalue weighted by Gasteiger charge is -2.14. The first-order valence-electron chi connectivity index (χ1n) is 8.43. The summed E-state index contributed by atoms with van der Waals surface area (Å²) >= 11 is 1.23. The Kier molecular flexibility index (Phi) is 6.20. The number of hydrogen-bond donors (Lipinski definition) is 2. The summed E-state index contributed by atoms with van der Waals surface area (Å²) in [6.07, 6.45) is 1.55. The van der Waals surface area contributed by atoms with Gasteiger partial charge in [-0.1, -0.05) is 23.9 Å².